The van der Waals surface area contributed by atoms with Crippen molar-refractivity contribution in [1.82, 2.24) is 10.2 Å². The third-order valence-corrected chi connectivity index (χ3v) is 5.94. The molecular weight excluding hydrogens is 368 g/mol. The Hall–Kier alpha value is -2.92. The molecule has 0 spiro atoms. The zero-order valence-corrected chi connectivity index (χ0v) is 16.3. The summed E-state index contributed by atoms with van der Waals surface area (Å²) < 4.78 is 0. The van der Waals surface area contributed by atoms with Crippen LogP contribution in [0.3, 0.4) is 0 Å². The molecule has 28 heavy (non-hydrogen) atoms. The summed E-state index contributed by atoms with van der Waals surface area (Å²) in [5.74, 6) is -0.218. The van der Waals surface area contributed by atoms with Crippen molar-refractivity contribution in [3.8, 4) is 0 Å². The second-order valence-corrected chi connectivity index (χ2v) is 7.92. The zero-order valence-electron chi connectivity index (χ0n) is 15.5. The Kier molecular flexibility index (Phi) is 5.53. The third kappa shape index (κ3) is 4.15. The van der Waals surface area contributed by atoms with E-state index in [1.807, 2.05) is 58.8 Å². The Morgan fingerprint density at radius 3 is 2.46 bits per heavy atom. The molecular formula is C23H22N2O2S. The second kappa shape index (κ2) is 8.40. The average Bonchev–Trinajstić information content (AvgIpc) is 3.28. The van der Waals surface area contributed by atoms with Crippen molar-refractivity contribution < 1.29 is 9.59 Å². The normalized spacial score (nSPS) is 14.2. The van der Waals surface area contributed by atoms with Crippen LogP contribution in [0.2, 0.25) is 0 Å². The van der Waals surface area contributed by atoms with E-state index in [9.17, 15) is 9.59 Å². The van der Waals surface area contributed by atoms with E-state index in [0.717, 1.165) is 12.0 Å². The molecule has 1 aromatic heterocycles. The van der Waals surface area contributed by atoms with Crippen LogP contribution in [-0.2, 0) is 24.2 Å². The van der Waals surface area contributed by atoms with Crippen LogP contribution >= 0.6 is 11.3 Å². The lowest BCUT2D eigenvalue weighted by Gasteiger charge is -2.32. The van der Waals surface area contributed by atoms with Gasteiger partial charge in [0.1, 0.15) is 6.04 Å². The predicted octanol–water partition coefficient (Wildman–Crippen LogP) is 3.67. The molecule has 0 radical (unpaired) electrons. The molecule has 5 heteroatoms. The van der Waals surface area contributed by atoms with Crippen LogP contribution < -0.4 is 5.32 Å². The van der Waals surface area contributed by atoms with E-state index in [1.54, 1.807) is 6.07 Å². The number of fused-ring (bicyclic) bond motifs is 1. The molecule has 0 saturated carbocycles. The minimum atomic E-state index is -0.581. The Morgan fingerprint density at radius 2 is 1.71 bits per heavy atom. The zero-order chi connectivity index (χ0) is 19.3. The molecule has 2 amide bonds. The van der Waals surface area contributed by atoms with Gasteiger partial charge in [0.25, 0.3) is 5.91 Å². The van der Waals surface area contributed by atoms with Gasteiger partial charge in [-0.15, -0.1) is 11.3 Å². The number of hydrogen-bond donors (Lipinski definition) is 1. The number of rotatable bonds is 5. The average molecular weight is 391 g/mol. The number of thiophene rings is 1. The van der Waals surface area contributed by atoms with Crippen LogP contribution in [0, 0.1) is 0 Å². The quantitative estimate of drug-likeness (QED) is 0.723. The van der Waals surface area contributed by atoms with Crippen molar-refractivity contribution >= 4 is 23.2 Å². The van der Waals surface area contributed by atoms with E-state index < -0.39 is 6.04 Å². The van der Waals surface area contributed by atoms with Crippen LogP contribution in [0.25, 0.3) is 0 Å². The van der Waals surface area contributed by atoms with Crippen LogP contribution in [0.4, 0.5) is 0 Å². The maximum atomic E-state index is 13.3. The van der Waals surface area contributed by atoms with Crippen molar-refractivity contribution in [2.45, 2.75) is 25.4 Å². The Balaban J connectivity index is 1.54. The monoisotopic (exact) mass is 390 g/mol. The molecule has 1 aliphatic rings. The number of amides is 2. The van der Waals surface area contributed by atoms with E-state index in [2.05, 4.69) is 17.4 Å². The molecule has 0 saturated heterocycles. The SMILES string of the molecule is O=C(N[C@H](Cc1ccccc1)C(=O)N1CCc2ccccc2C1)c1cccs1. The lowest BCUT2D eigenvalue weighted by molar-refractivity contribution is -0.134. The summed E-state index contributed by atoms with van der Waals surface area (Å²) in [6.07, 6.45) is 1.33. The lowest BCUT2D eigenvalue weighted by atomic mass is 9.98. The molecule has 1 N–H and O–H groups in total. The summed E-state index contributed by atoms with van der Waals surface area (Å²) >= 11 is 1.38. The molecule has 0 unspecified atom stereocenters. The summed E-state index contributed by atoms with van der Waals surface area (Å²) in [5, 5.41) is 4.83. The highest BCUT2D eigenvalue weighted by atomic mass is 32.1. The maximum Gasteiger partial charge on any atom is 0.262 e. The van der Waals surface area contributed by atoms with Gasteiger partial charge in [0.15, 0.2) is 0 Å². The van der Waals surface area contributed by atoms with E-state index in [1.165, 1.54) is 22.5 Å². The molecule has 4 rings (SSSR count). The Morgan fingerprint density at radius 1 is 0.964 bits per heavy atom. The fourth-order valence-corrected chi connectivity index (χ4v) is 4.22. The molecule has 1 aliphatic heterocycles. The number of carbonyl (C=O) groups is 2. The molecule has 0 aliphatic carbocycles. The third-order valence-electron chi connectivity index (χ3n) is 5.07. The number of nitrogens with zero attached hydrogens (tertiary/aromatic N) is 1. The largest absolute Gasteiger partial charge is 0.339 e. The summed E-state index contributed by atoms with van der Waals surface area (Å²) in [6, 6.07) is 21.1. The summed E-state index contributed by atoms with van der Waals surface area (Å²) in [4.78, 5) is 28.4. The van der Waals surface area contributed by atoms with Crippen molar-refractivity contribution in [2.75, 3.05) is 6.54 Å². The molecule has 4 nitrogen and oxygen atoms in total. The minimum Gasteiger partial charge on any atom is -0.339 e. The molecule has 3 aromatic rings. The smallest absolute Gasteiger partial charge is 0.262 e. The van der Waals surface area contributed by atoms with Gasteiger partial charge in [-0.25, -0.2) is 0 Å². The molecule has 1 atom stereocenters. The van der Waals surface area contributed by atoms with E-state index in [0.29, 0.717) is 24.4 Å². The van der Waals surface area contributed by atoms with Gasteiger partial charge < -0.3 is 10.2 Å². The van der Waals surface area contributed by atoms with Gasteiger partial charge in [-0.3, -0.25) is 9.59 Å². The Bertz CT molecular complexity index is 954. The topological polar surface area (TPSA) is 49.4 Å². The van der Waals surface area contributed by atoms with E-state index >= 15 is 0 Å². The minimum absolute atomic E-state index is 0.0248. The maximum absolute atomic E-state index is 13.3. The fourth-order valence-electron chi connectivity index (χ4n) is 3.59. The van der Waals surface area contributed by atoms with Crippen molar-refractivity contribution in [2.24, 2.45) is 0 Å². The van der Waals surface area contributed by atoms with Gasteiger partial charge >= 0.3 is 0 Å². The number of nitrogens with one attached hydrogen (secondary N) is 1. The second-order valence-electron chi connectivity index (χ2n) is 6.97. The van der Waals surface area contributed by atoms with Gasteiger partial charge in [0.05, 0.1) is 4.88 Å². The number of carbonyl (C=O) groups excluding carboxylic acids is 2. The van der Waals surface area contributed by atoms with Crippen LogP contribution in [0.1, 0.15) is 26.4 Å². The fraction of sp³-hybridized carbons (Fsp3) is 0.217. The van der Waals surface area contributed by atoms with Gasteiger partial charge in [0.2, 0.25) is 5.91 Å². The highest BCUT2D eigenvalue weighted by molar-refractivity contribution is 7.12. The highest BCUT2D eigenvalue weighted by Crippen LogP contribution is 2.20. The molecule has 2 heterocycles. The van der Waals surface area contributed by atoms with Gasteiger partial charge in [-0.1, -0.05) is 60.7 Å². The van der Waals surface area contributed by atoms with Gasteiger partial charge in [0, 0.05) is 19.5 Å². The first kappa shape index (κ1) is 18.4. The first-order chi connectivity index (χ1) is 13.7. The summed E-state index contributed by atoms with van der Waals surface area (Å²) in [6.45, 7) is 1.27. The van der Waals surface area contributed by atoms with Crippen LogP contribution in [-0.4, -0.2) is 29.3 Å². The molecule has 0 bridgehead atoms. The van der Waals surface area contributed by atoms with Crippen molar-refractivity contribution in [3.05, 3.63) is 93.7 Å². The first-order valence-corrected chi connectivity index (χ1v) is 10.3. The Labute approximate surface area is 168 Å². The molecule has 0 fully saturated rings. The first-order valence-electron chi connectivity index (χ1n) is 9.44. The summed E-state index contributed by atoms with van der Waals surface area (Å²) in [7, 11) is 0. The van der Waals surface area contributed by atoms with Crippen LogP contribution in [0.5, 0.6) is 0 Å². The highest BCUT2D eigenvalue weighted by Gasteiger charge is 2.29. The molecule has 142 valence electrons. The van der Waals surface area contributed by atoms with E-state index in [4.69, 9.17) is 0 Å². The number of benzene rings is 2. The van der Waals surface area contributed by atoms with Crippen molar-refractivity contribution in [3.63, 3.8) is 0 Å². The van der Waals surface area contributed by atoms with Gasteiger partial charge in [-0.2, -0.15) is 0 Å². The van der Waals surface area contributed by atoms with Crippen LogP contribution in [0.15, 0.2) is 72.1 Å². The predicted molar refractivity (Wildman–Crippen MR) is 111 cm³/mol. The summed E-state index contributed by atoms with van der Waals surface area (Å²) in [5.41, 5.74) is 3.52. The lowest BCUT2D eigenvalue weighted by Crippen LogP contribution is -2.50. The number of hydrogen-bond acceptors (Lipinski definition) is 3. The van der Waals surface area contributed by atoms with Gasteiger partial charge in [-0.05, 0) is 34.6 Å². The molecule has 2 aromatic carbocycles. The van der Waals surface area contributed by atoms with Crippen molar-refractivity contribution in [1.29, 1.82) is 0 Å². The van der Waals surface area contributed by atoms with E-state index in [-0.39, 0.29) is 11.8 Å². The standard InChI is InChI=1S/C23H22N2O2S/c26-22(21-11-6-14-28-21)24-20(15-17-7-2-1-3-8-17)23(27)25-13-12-18-9-4-5-10-19(18)16-25/h1-11,14,20H,12-13,15-16H2,(H,24,26)/t20-/m1/s1.